The number of methoxy groups -OCH3 is 1. The van der Waals surface area contributed by atoms with Crippen LogP contribution >= 0.6 is 0 Å². The van der Waals surface area contributed by atoms with E-state index in [4.69, 9.17) is 9.15 Å². The van der Waals surface area contributed by atoms with E-state index in [1.54, 1.807) is 23.8 Å². The van der Waals surface area contributed by atoms with Crippen molar-refractivity contribution >= 4 is 11.8 Å². The largest absolute Gasteiger partial charge is 0.497 e. The molecule has 0 aliphatic carbocycles. The molecular formula is C20H23N3O4. The molecule has 2 aliphatic heterocycles. The molecule has 7 nitrogen and oxygen atoms in total. The number of oxazole rings is 1. The van der Waals surface area contributed by atoms with Gasteiger partial charge in [-0.1, -0.05) is 6.07 Å². The molecule has 0 radical (unpaired) electrons. The maximum Gasteiger partial charge on any atom is 0.246 e. The summed E-state index contributed by atoms with van der Waals surface area (Å²) in [4.78, 5) is 33.5. The van der Waals surface area contributed by atoms with Gasteiger partial charge >= 0.3 is 0 Å². The zero-order valence-electron chi connectivity index (χ0n) is 15.8. The molecule has 0 bridgehead atoms. The molecule has 1 aromatic heterocycles. The smallest absolute Gasteiger partial charge is 0.246 e. The van der Waals surface area contributed by atoms with Crippen LogP contribution in [0.4, 0.5) is 0 Å². The number of aromatic nitrogens is 1. The van der Waals surface area contributed by atoms with Gasteiger partial charge in [0.2, 0.25) is 17.7 Å². The Morgan fingerprint density at radius 1 is 1.30 bits per heavy atom. The van der Waals surface area contributed by atoms with Gasteiger partial charge in [-0.15, -0.1) is 0 Å². The fourth-order valence-electron chi connectivity index (χ4n) is 3.87. The Hall–Kier alpha value is -2.83. The first-order valence-electron chi connectivity index (χ1n) is 9.21. The summed E-state index contributed by atoms with van der Waals surface area (Å²) in [6.07, 6.45) is 1.62. The lowest BCUT2D eigenvalue weighted by Crippen LogP contribution is -2.61. The van der Waals surface area contributed by atoms with Crippen molar-refractivity contribution in [3.8, 4) is 17.2 Å². The van der Waals surface area contributed by atoms with Crippen molar-refractivity contribution in [2.24, 2.45) is 0 Å². The van der Waals surface area contributed by atoms with E-state index < -0.39 is 6.04 Å². The van der Waals surface area contributed by atoms with Crippen molar-refractivity contribution < 1.29 is 18.7 Å². The van der Waals surface area contributed by atoms with Crippen LogP contribution in [0.1, 0.15) is 31.2 Å². The van der Waals surface area contributed by atoms with E-state index in [2.05, 4.69) is 4.98 Å². The highest BCUT2D eigenvalue weighted by Crippen LogP contribution is 2.30. The Balaban J connectivity index is 1.60. The van der Waals surface area contributed by atoms with Crippen LogP contribution in [0.3, 0.4) is 0 Å². The topological polar surface area (TPSA) is 75.9 Å². The molecule has 2 aliphatic rings. The summed E-state index contributed by atoms with van der Waals surface area (Å²) in [7, 11) is 1.61. The molecule has 0 unspecified atom stereocenters. The number of amides is 2. The third-order valence-electron chi connectivity index (χ3n) is 5.46. The fourth-order valence-corrected chi connectivity index (χ4v) is 3.87. The molecular weight excluding hydrogens is 346 g/mol. The quantitative estimate of drug-likeness (QED) is 0.827. The average Bonchev–Trinajstić information content (AvgIpc) is 3.31. The number of ether oxygens (including phenoxy) is 1. The molecule has 142 valence electrons. The lowest BCUT2D eigenvalue weighted by molar-refractivity contribution is -0.159. The van der Waals surface area contributed by atoms with Crippen molar-refractivity contribution in [1.82, 2.24) is 14.8 Å². The van der Waals surface area contributed by atoms with E-state index in [0.29, 0.717) is 23.9 Å². The summed E-state index contributed by atoms with van der Waals surface area (Å²) >= 11 is 0. The summed E-state index contributed by atoms with van der Waals surface area (Å²) < 4.78 is 11.1. The van der Waals surface area contributed by atoms with Crippen LogP contribution in [0.15, 0.2) is 28.7 Å². The van der Waals surface area contributed by atoms with Gasteiger partial charge in [-0.2, -0.15) is 0 Å². The third-order valence-corrected chi connectivity index (χ3v) is 5.46. The maximum absolute atomic E-state index is 12.9. The lowest BCUT2D eigenvalue weighted by Gasteiger charge is -2.40. The van der Waals surface area contributed by atoms with Crippen molar-refractivity contribution in [3.05, 3.63) is 35.7 Å². The Bertz CT molecular complexity index is 891. The third kappa shape index (κ3) is 2.97. The highest BCUT2D eigenvalue weighted by molar-refractivity contribution is 5.97. The number of piperazine rings is 1. The fraction of sp³-hybridized carbons (Fsp3) is 0.450. The van der Waals surface area contributed by atoms with Crippen molar-refractivity contribution in [3.63, 3.8) is 0 Å². The van der Waals surface area contributed by atoms with E-state index in [9.17, 15) is 9.59 Å². The molecule has 7 heteroatoms. The molecule has 1 aromatic carbocycles. The van der Waals surface area contributed by atoms with E-state index in [0.717, 1.165) is 24.2 Å². The number of aryl methyl sites for hydroxylation is 1. The van der Waals surface area contributed by atoms with E-state index >= 15 is 0 Å². The van der Waals surface area contributed by atoms with Gasteiger partial charge in [0.1, 0.15) is 29.3 Å². The normalized spacial score (nSPS) is 22.3. The van der Waals surface area contributed by atoms with Gasteiger partial charge in [0.05, 0.1) is 13.7 Å². The van der Waals surface area contributed by atoms with Gasteiger partial charge in [-0.05, 0) is 44.9 Å². The number of hydrogen-bond acceptors (Lipinski definition) is 5. The molecule has 0 N–H and O–H groups in total. The Kier molecular flexibility index (Phi) is 4.37. The molecule has 0 spiro atoms. The van der Waals surface area contributed by atoms with E-state index in [1.165, 1.54) is 0 Å². The van der Waals surface area contributed by atoms with E-state index in [-0.39, 0.29) is 24.4 Å². The molecule has 3 heterocycles. The number of rotatable bonds is 4. The molecule has 2 atom stereocenters. The summed E-state index contributed by atoms with van der Waals surface area (Å²) in [6, 6.07) is 6.67. The van der Waals surface area contributed by atoms with Gasteiger partial charge in [0.25, 0.3) is 0 Å². The summed E-state index contributed by atoms with van der Waals surface area (Å²) in [5, 5.41) is 0. The summed E-state index contributed by atoms with van der Waals surface area (Å²) in [6.45, 7) is 4.56. The standard InChI is InChI=1S/C20H23N3O4/c1-12-19(24)22-9-5-8-17(22)20(25)23(12)11-16-13(2)27-18(21-16)14-6-4-7-15(10-14)26-3/h4,6-7,10,12,17H,5,8-9,11H2,1-3H3/t12-,17-/m0/s1. The summed E-state index contributed by atoms with van der Waals surface area (Å²) in [5.41, 5.74) is 1.48. The van der Waals surface area contributed by atoms with Crippen LogP contribution in [0, 0.1) is 6.92 Å². The minimum Gasteiger partial charge on any atom is -0.497 e. The molecule has 0 saturated carbocycles. The first-order valence-corrected chi connectivity index (χ1v) is 9.21. The number of fused-ring (bicyclic) bond motifs is 1. The highest BCUT2D eigenvalue weighted by Gasteiger charge is 2.46. The summed E-state index contributed by atoms with van der Waals surface area (Å²) in [5.74, 6) is 1.87. The zero-order chi connectivity index (χ0) is 19.1. The predicted molar refractivity (Wildman–Crippen MR) is 98.0 cm³/mol. The Morgan fingerprint density at radius 2 is 2.11 bits per heavy atom. The maximum atomic E-state index is 12.9. The molecule has 2 amide bonds. The number of carbonyl (C=O) groups excluding carboxylic acids is 2. The average molecular weight is 369 g/mol. The first-order chi connectivity index (χ1) is 13.0. The van der Waals surface area contributed by atoms with Crippen LogP contribution in [-0.4, -0.2) is 52.3 Å². The lowest BCUT2D eigenvalue weighted by atomic mass is 10.1. The van der Waals surface area contributed by atoms with Crippen LogP contribution in [0.5, 0.6) is 5.75 Å². The van der Waals surface area contributed by atoms with Gasteiger partial charge in [-0.3, -0.25) is 9.59 Å². The minimum atomic E-state index is -0.483. The second-order valence-electron chi connectivity index (χ2n) is 7.09. The highest BCUT2D eigenvalue weighted by atomic mass is 16.5. The molecule has 4 rings (SSSR count). The minimum absolute atomic E-state index is 0.00457. The number of nitrogens with zero attached hydrogens (tertiary/aromatic N) is 3. The number of carbonyl (C=O) groups is 2. The van der Waals surface area contributed by atoms with Gasteiger partial charge in [-0.25, -0.2) is 4.98 Å². The molecule has 2 saturated heterocycles. The molecule has 2 fully saturated rings. The predicted octanol–water partition coefficient (Wildman–Crippen LogP) is 2.38. The molecule has 2 aromatic rings. The molecule has 27 heavy (non-hydrogen) atoms. The van der Waals surface area contributed by atoms with Gasteiger partial charge in [0.15, 0.2) is 0 Å². The van der Waals surface area contributed by atoms with Crippen LogP contribution in [0.2, 0.25) is 0 Å². The zero-order valence-corrected chi connectivity index (χ0v) is 15.8. The number of hydrogen-bond donors (Lipinski definition) is 0. The SMILES string of the molecule is COc1cccc(-c2nc(CN3C(=O)[C@@H]4CCCN4C(=O)[C@@H]3C)c(C)o2)c1. The number of benzene rings is 1. The van der Waals surface area contributed by atoms with E-state index in [1.807, 2.05) is 31.2 Å². The van der Waals surface area contributed by atoms with Gasteiger partial charge in [0, 0.05) is 12.1 Å². The van der Waals surface area contributed by atoms with Crippen molar-refractivity contribution in [1.29, 1.82) is 0 Å². The van der Waals surface area contributed by atoms with Crippen molar-refractivity contribution in [2.75, 3.05) is 13.7 Å². The van der Waals surface area contributed by atoms with Crippen LogP contribution in [-0.2, 0) is 16.1 Å². The van der Waals surface area contributed by atoms with Crippen molar-refractivity contribution in [2.45, 2.75) is 45.3 Å². The monoisotopic (exact) mass is 369 g/mol. The second-order valence-corrected chi connectivity index (χ2v) is 7.09. The van der Waals surface area contributed by atoms with Crippen LogP contribution < -0.4 is 4.74 Å². The van der Waals surface area contributed by atoms with Gasteiger partial charge < -0.3 is 19.0 Å². The Morgan fingerprint density at radius 3 is 2.89 bits per heavy atom. The second kappa shape index (κ2) is 6.72. The first kappa shape index (κ1) is 17.6. The Labute approximate surface area is 157 Å². The van der Waals surface area contributed by atoms with Crippen LogP contribution in [0.25, 0.3) is 11.5 Å².